The Balaban J connectivity index is 1.54. The van der Waals surface area contributed by atoms with Crippen molar-refractivity contribution in [1.82, 2.24) is 5.32 Å². The molecule has 3 fully saturated rings. The number of benzene rings is 1. The molecule has 11 atom stereocenters. The van der Waals surface area contributed by atoms with Gasteiger partial charge in [0, 0.05) is 24.2 Å². The molecule has 11 nitrogen and oxygen atoms in total. The number of rotatable bonds is 8. The summed E-state index contributed by atoms with van der Waals surface area (Å²) in [5.74, 6) is -3.33. The number of aliphatic hydroxyl groups excluding tert-OH is 1. The topological polar surface area (TPSA) is 161 Å². The van der Waals surface area contributed by atoms with Gasteiger partial charge in [-0.2, -0.15) is 0 Å². The number of carbonyl (C=O) groups is 3. The third-order valence-corrected chi connectivity index (χ3v) is 12.5. The molecule has 0 radical (unpaired) electrons. The lowest BCUT2D eigenvalue weighted by Gasteiger charge is -2.67. The van der Waals surface area contributed by atoms with E-state index in [0.29, 0.717) is 22.6 Å². The molecule has 5 rings (SSSR count). The van der Waals surface area contributed by atoms with E-state index in [1.807, 2.05) is 19.2 Å². The Morgan fingerprint density at radius 2 is 1.78 bits per heavy atom. The molecule has 4 N–H and O–H groups in total. The Morgan fingerprint density at radius 1 is 1.14 bits per heavy atom. The average molecular weight is 718 g/mol. The first kappa shape index (κ1) is 38.7. The van der Waals surface area contributed by atoms with Crippen LogP contribution in [0.1, 0.15) is 86.8 Å². The van der Waals surface area contributed by atoms with E-state index in [-0.39, 0.29) is 19.4 Å². The molecule has 1 aromatic rings. The molecule has 0 aromatic heterocycles. The number of amides is 1. The average Bonchev–Trinajstić information content (AvgIpc) is 3.03. The van der Waals surface area contributed by atoms with Gasteiger partial charge in [-0.3, -0.25) is 9.59 Å². The number of hydrogen-bond acceptors (Lipinski definition) is 11. The van der Waals surface area contributed by atoms with Crippen LogP contribution in [-0.2, 0) is 28.5 Å². The Bertz CT molecular complexity index is 1510. The summed E-state index contributed by atoms with van der Waals surface area (Å²) < 4.78 is 23.8. The van der Waals surface area contributed by atoms with Crippen molar-refractivity contribution in [2.45, 2.75) is 122 Å². The second-order valence-corrected chi connectivity index (χ2v) is 17.3. The molecule has 3 aliphatic carbocycles. The van der Waals surface area contributed by atoms with E-state index in [0.717, 1.165) is 0 Å². The van der Waals surface area contributed by atoms with Crippen molar-refractivity contribution < 1.29 is 48.7 Å². The van der Waals surface area contributed by atoms with Gasteiger partial charge in [0.25, 0.3) is 0 Å². The Hall–Kier alpha value is -2.48. The molecule has 2 bridgehead atoms. The third-order valence-electron chi connectivity index (χ3n) is 12.2. The number of esters is 1. The number of hydrogen-bond donors (Lipinski definition) is 4. The normalized spacial score (nSPS) is 37.6. The van der Waals surface area contributed by atoms with Crippen molar-refractivity contribution in [2.75, 3.05) is 18.8 Å². The number of aliphatic hydroxyl groups is 3. The van der Waals surface area contributed by atoms with Gasteiger partial charge in [0.05, 0.1) is 47.7 Å². The highest BCUT2D eigenvalue weighted by Crippen LogP contribution is 2.64. The zero-order valence-corrected chi connectivity index (χ0v) is 31.8. The van der Waals surface area contributed by atoms with Gasteiger partial charge in [-0.15, -0.1) is 11.8 Å². The molecule has 12 heteroatoms. The van der Waals surface area contributed by atoms with Crippen molar-refractivity contribution in [1.29, 1.82) is 0 Å². The van der Waals surface area contributed by atoms with Gasteiger partial charge < -0.3 is 39.6 Å². The predicted molar refractivity (Wildman–Crippen MR) is 188 cm³/mol. The van der Waals surface area contributed by atoms with E-state index in [4.69, 9.17) is 18.9 Å². The number of carbonyl (C=O) groups excluding carboxylic acids is 3. The number of fused-ring (bicyclic) bond motifs is 5. The molecule has 278 valence electrons. The number of ketones is 1. The molecule has 50 heavy (non-hydrogen) atoms. The highest BCUT2D eigenvalue weighted by Gasteiger charge is 2.74. The quantitative estimate of drug-likeness (QED) is 0.167. The first-order valence-electron chi connectivity index (χ1n) is 17.5. The monoisotopic (exact) mass is 717 g/mol. The van der Waals surface area contributed by atoms with Crippen molar-refractivity contribution in [3.63, 3.8) is 0 Å². The first-order chi connectivity index (χ1) is 23.1. The van der Waals surface area contributed by atoms with Crippen LogP contribution in [0.2, 0.25) is 0 Å². The number of Topliss-reactive ketones (excluding diaryl/α,β-unsaturated/α-hetero) is 1. The second-order valence-electron chi connectivity index (χ2n) is 16.5. The van der Waals surface area contributed by atoms with Crippen LogP contribution in [-0.4, -0.2) is 93.2 Å². The van der Waals surface area contributed by atoms with E-state index >= 15 is 0 Å². The molecule has 1 saturated heterocycles. The summed E-state index contributed by atoms with van der Waals surface area (Å²) in [5.41, 5.74) is -4.95. The molecule has 1 heterocycles. The van der Waals surface area contributed by atoms with Crippen molar-refractivity contribution in [2.24, 2.45) is 28.6 Å². The van der Waals surface area contributed by atoms with Gasteiger partial charge in [-0.25, -0.2) is 4.79 Å². The Labute approximate surface area is 299 Å². The summed E-state index contributed by atoms with van der Waals surface area (Å²) in [5, 5.41) is 40.1. The summed E-state index contributed by atoms with van der Waals surface area (Å²) in [7, 11) is 0. The number of nitrogens with one attached hydrogen (secondary N) is 1. The SMILES string of the molecule is CSCOC1CC2OCC2(O)C2C(C)C3(O)CC(OC(=O)[C@H](C)C(NC(=O)OC(C)(C)C)c4ccccc4)C(C)=C(C(O)C(=O)[C@]12C)C3(C)C. The molecule has 4 aliphatic rings. The fourth-order valence-corrected chi connectivity index (χ4v) is 9.76. The molecule has 2 saturated carbocycles. The highest BCUT2D eigenvalue weighted by atomic mass is 32.2. The van der Waals surface area contributed by atoms with Gasteiger partial charge in [0.2, 0.25) is 0 Å². The number of ether oxygens (including phenoxy) is 4. The van der Waals surface area contributed by atoms with Gasteiger partial charge in [0.1, 0.15) is 23.4 Å². The van der Waals surface area contributed by atoms with Crippen LogP contribution in [0, 0.1) is 28.6 Å². The Morgan fingerprint density at radius 3 is 2.34 bits per heavy atom. The van der Waals surface area contributed by atoms with Gasteiger partial charge in [-0.1, -0.05) is 51.1 Å². The second kappa shape index (κ2) is 13.5. The van der Waals surface area contributed by atoms with Gasteiger partial charge in [-0.05, 0) is 70.4 Å². The lowest BCUT2D eigenvalue weighted by atomic mass is 9.43. The lowest BCUT2D eigenvalue weighted by Crippen LogP contribution is -2.79. The predicted octanol–water partition coefficient (Wildman–Crippen LogP) is 4.72. The van der Waals surface area contributed by atoms with E-state index < -0.39 is 93.7 Å². The van der Waals surface area contributed by atoms with Crippen LogP contribution in [0.4, 0.5) is 4.79 Å². The lowest BCUT2D eigenvalue weighted by molar-refractivity contribution is -0.338. The van der Waals surface area contributed by atoms with Crippen LogP contribution >= 0.6 is 11.8 Å². The van der Waals surface area contributed by atoms with E-state index in [9.17, 15) is 29.7 Å². The van der Waals surface area contributed by atoms with Crippen LogP contribution < -0.4 is 5.32 Å². The largest absolute Gasteiger partial charge is 0.457 e. The van der Waals surface area contributed by atoms with Crippen LogP contribution in [0.25, 0.3) is 0 Å². The maximum atomic E-state index is 14.8. The summed E-state index contributed by atoms with van der Waals surface area (Å²) in [6.07, 6.45) is -2.54. The maximum Gasteiger partial charge on any atom is 0.408 e. The molecule has 1 aromatic carbocycles. The van der Waals surface area contributed by atoms with Gasteiger partial charge >= 0.3 is 12.1 Å². The van der Waals surface area contributed by atoms with Crippen molar-refractivity contribution >= 4 is 29.6 Å². The molecule has 9 unspecified atom stereocenters. The van der Waals surface area contributed by atoms with Crippen molar-refractivity contribution in [3.05, 3.63) is 47.0 Å². The number of thioether (sulfide) groups is 1. The zero-order chi connectivity index (χ0) is 37.2. The zero-order valence-electron chi connectivity index (χ0n) is 30.9. The molecule has 0 spiro atoms. The summed E-state index contributed by atoms with van der Waals surface area (Å²) in [6.45, 7) is 15.8. The van der Waals surface area contributed by atoms with Crippen LogP contribution in [0.15, 0.2) is 41.5 Å². The van der Waals surface area contributed by atoms with Crippen LogP contribution in [0.5, 0.6) is 0 Å². The smallest absolute Gasteiger partial charge is 0.408 e. The fraction of sp³-hybridized carbons (Fsp3) is 0.711. The molecule has 1 aliphatic heterocycles. The summed E-state index contributed by atoms with van der Waals surface area (Å²) >= 11 is 1.46. The van der Waals surface area contributed by atoms with E-state index in [1.165, 1.54) is 11.8 Å². The Kier molecular flexibility index (Phi) is 10.5. The number of alkyl carbamates (subject to hydrolysis) is 1. The maximum absolute atomic E-state index is 14.8. The standard InChI is InChI=1S/C38H55NO10S/c1-20-24(48-32(42)21(2)28(23-14-12-11-13-15-23)39-33(43)49-34(4,5)6)17-38(45)22(3)30-36(9,31(41)29(40)27(20)35(38,7)8)25(47-19-50-10)16-26-37(30,44)18-46-26/h11-15,21-22,24-26,28-30,40,44-45H,16-19H2,1-10H3,(H,39,43)/t21-,22?,24?,25?,26?,28?,29?,30?,36-,37?,38?/m1/s1. The van der Waals surface area contributed by atoms with E-state index in [2.05, 4.69) is 5.32 Å². The van der Waals surface area contributed by atoms with Crippen molar-refractivity contribution in [3.8, 4) is 0 Å². The molecular weight excluding hydrogens is 662 g/mol. The molecule has 1 amide bonds. The minimum Gasteiger partial charge on any atom is -0.457 e. The van der Waals surface area contributed by atoms with Crippen LogP contribution in [0.3, 0.4) is 0 Å². The summed E-state index contributed by atoms with van der Waals surface area (Å²) in [6, 6.07) is 8.23. The minimum atomic E-state index is -1.66. The first-order valence-corrected chi connectivity index (χ1v) is 18.9. The minimum absolute atomic E-state index is 0.0133. The van der Waals surface area contributed by atoms with Gasteiger partial charge in [0.15, 0.2) is 5.78 Å². The third kappa shape index (κ3) is 6.21. The fourth-order valence-electron chi connectivity index (χ4n) is 9.46. The highest BCUT2D eigenvalue weighted by molar-refractivity contribution is 7.98. The molecular formula is C38H55NO10S. The van der Waals surface area contributed by atoms with E-state index in [1.54, 1.807) is 79.7 Å². The summed E-state index contributed by atoms with van der Waals surface area (Å²) in [4.78, 5) is 41.7.